The molecule has 0 aliphatic heterocycles. The molecule has 4 nitrogen and oxygen atoms in total. The summed E-state index contributed by atoms with van der Waals surface area (Å²) in [5, 5.41) is 2.96. The van der Waals surface area contributed by atoms with Gasteiger partial charge in [0.25, 0.3) is 0 Å². The molecule has 1 rings (SSSR count). The molecule has 88 valence electrons. The molecule has 0 heterocycles. The second-order valence-electron chi connectivity index (χ2n) is 3.04. The van der Waals surface area contributed by atoms with Gasteiger partial charge in [-0.05, 0) is 37.3 Å². The number of thiocarbonyl (C=S) groups is 1. The molecule has 3 N–H and O–H groups in total. The van der Waals surface area contributed by atoms with E-state index in [2.05, 4.69) is 21.9 Å². The Labute approximate surface area is 105 Å². The van der Waals surface area contributed by atoms with Gasteiger partial charge in [-0.15, -0.1) is 0 Å². The average molecular weight is 248 g/mol. The van der Waals surface area contributed by atoms with Gasteiger partial charge in [0.1, 0.15) is 0 Å². The summed E-state index contributed by atoms with van der Waals surface area (Å²) in [6, 6.07) is 7.10. The molecule has 0 amide bonds. The van der Waals surface area contributed by atoms with E-state index in [4.69, 9.17) is 18.0 Å². The van der Waals surface area contributed by atoms with Crippen LogP contribution in [0.15, 0.2) is 24.3 Å². The topological polar surface area (TPSA) is 64.3 Å². The summed E-state index contributed by atoms with van der Waals surface area (Å²) in [6.45, 7) is 2.04. The number of esters is 1. The van der Waals surface area contributed by atoms with Gasteiger partial charge in [-0.1, -0.05) is 12.0 Å². The van der Waals surface area contributed by atoms with Crippen molar-refractivity contribution >= 4 is 29.0 Å². The van der Waals surface area contributed by atoms with E-state index in [1.54, 1.807) is 31.2 Å². The van der Waals surface area contributed by atoms with Gasteiger partial charge in [0.2, 0.25) is 0 Å². The van der Waals surface area contributed by atoms with Crippen LogP contribution in [0.25, 0.3) is 0 Å². The lowest BCUT2D eigenvalue weighted by molar-refractivity contribution is -0.136. The third kappa shape index (κ3) is 5.00. The van der Waals surface area contributed by atoms with Crippen molar-refractivity contribution in [2.45, 2.75) is 6.92 Å². The van der Waals surface area contributed by atoms with Crippen LogP contribution in [0.4, 0.5) is 5.69 Å². The van der Waals surface area contributed by atoms with Gasteiger partial charge < -0.3 is 15.8 Å². The van der Waals surface area contributed by atoms with Gasteiger partial charge in [0, 0.05) is 17.2 Å². The van der Waals surface area contributed by atoms with Crippen LogP contribution in [0.5, 0.6) is 0 Å². The van der Waals surface area contributed by atoms with Crippen molar-refractivity contribution in [2.24, 2.45) is 5.73 Å². The molecule has 0 atom stereocenters. The van der Waals surface area contributed by atoms with Gasteiger partial charge in [0.15, 0.2) is 5.11 Å². The van der Waals surface area contributed by atoms with Crippen molar-refractivity contribution in [1.29, 1.82) is 0 Å². The summed E-state index contributed by atoms with van der Waals surface area (Å²) in [5.74, 6) is 4.53. The van der Waals surface area contributed by atoms with Gasteiger partial charge in [-0.2, -0.15) is 0 Å². The first kappa shape index (κ1) is 13.0. The highest BCUT2D eigenvalue weighted by Crippen LogP contribution is 2.09. The summed E-state index contributed by atoms with van der Waals surface area (Å²) in [6.07, 6.45) is 0. The Kier molecular flexibility index (Phi) is 4.98. The van der Waals surface area contributed by atoms with Gasteiger partial charge in [-0.3, -0.25) is 0 Å². The number of carbonyl (C=O) groups excluding carboxylic acids is 1. The van der Waals surface area contributed by atoms with Crippen LogP contribution in [0, 0.1) is 11.8 Å². The lowest BCUT2D eigenvalue weighted by Gasteiger charge is -2.02. The lowest BCUT2D eigenvalue weighted by atomic mass is 10.2. The molecule has 0 saturated heterocycles. The van der Waals surface area contributed by atoms with Crippen LogP contribution in [-0.4, -0.2) is 17.7 Å². The predicted octanol–water partition coefficient (Wildman–Crippen LogP) is 1.26. The molecule has 0 unspecified atom stereocenters. The monoisotopic (exact) mass is 248 g/mol. The summed E-state index contributed by atoms with van der Waals surface area (Å²) in [4.78, 5) is 11.0. The first-order valence-electron chi connectivity index (χ1n) is 4.97. The minimum Gasteiger partial charge on any atom is -0.456 e. The number of carbonyl (C=O) groups is 1. The standard InChI is InChI=1S/C12H12N2O2S/c1-2-16-11(15)7-6-9-4-3-5-10(8-9)14-12(13)17/h3-5,8H,2H2,1H3,(H3,13,14,17). The highest BCUT2D eigenvalue weighted by Gasteiger charge is 1.96. The SMILES string of the molecule is CCOC(=O)C#Cc1cccc(NC(N)=S)c1. The highest BCUT2D eigenvalue weighted by atomic mass is 32.1. The lowest BCUT2D eigenvalue weighted by Crippen LogP contribution is -2.18. The summed E-state index contributed by atoms with van der Waals surface area (Å²) in [7, 11) is 0. The van der Waals surface area contributed by atoms with E-state index in [9.17, 15) is 4.79 Å². The van der Waals surface area contributed by atoms with Crippen LogP contribution >= 0.6 is 12.2 Å². The fourth-order valence-corrected chi connectivity index (χ4v) is 1.23. The Morgan fingerprint density at radius 1 is 1.59 bits per heavy atom. The highest BCUT2D eigenvalue weighted by molar-refractivity contribution is 7.80. The normalized spacial score (nSPS) is 8.76. The second kappa shape index (κ2) is 6.51. The molecule has 5 heteroatoms. The quantitative estimate of drug-likeness (QED) is 0.468. The maximum absolute atomic E-state index is 11.0. The van der Waals surface area contributed by atoms with Crippen molar-refractivity contribution in [1.82, 2.24) is 0 Å². The van der Waals surface area contributed by atoms with Crippen LogP contribution in [0.3, 0.4) is 0 Å². The van der Waals surface area contributed by atoms with Gasteiger partial charge in [-0.25, -0.2) is 4.79 Å². The zero-order valence-electron chi connectivity index (χ0n) is 9.32. The minimum atomic E-state index is -0.541. The van der Waals surface area contributed by atoms with E-state index in [0.29, 0.717) is 12.2 Å². The molecule has 0 fully saturated rings. The van der Waals surface area contributed by atoms with E-state index < -0.39 is 5.97 Å². The smallest absolute Gasteiger partial charge is 0.384 e. The van der Waals surface area contributed by atoms with Crippen LogP contribution < -0.4 is 11.1 Å². The van der Waals surface area contributed by atoms with E-state index in [-0.39, 0.29) is 5.11 Å². The first-order valence-corrected chi connectivity index (χ1v) is 5.38. The summed E-state index contributed by atoms with van der Waals surface area (Å²) < 4.78 is 4.69. The Morgan fingerprint density at radius 2 is 2.35 bits per heavy atom. The Hall–Kier alpha value is -2.06. The van der Waals surface area contributed by atoms with Crippen molar-refractivity contribution in [2.75, 3.05) is 11.9 Å². The number of ether oxygens (including phenoxy) is 1. The van der Waals surface area contributed by atoms with Crippen molar-refractivity contribution in [3.05, 3.63) is 29.8 Å². The fourth-order valence-electron chi connectivity index (χ4n) is 1.11. The summed E-state index contributed by atoms with van der Waals surface area (Å²) >= 11 is 4.72. The van der Waals surface area contributed by atoms with E-state index in [1.165, 1.54) is 0 Å². The van der Waals surface area contributed by atoms with E-state index in [1.807, 2.05) is 0 Å². The largest absolute Gasteiger partial charge is 0.456 e. The number of anilines is 1. The zero-order chi connectivity index (χ0) is 12.7. The molecule has 0 aliphatic rings. The Balaban J connectivity index is 2.78. The molecule has 0 saturated carbocycles. The van der Waals surface area contributed by atoms with Crippen molar-refractivity contribution < 1.29 is 9.53 Å². The van der Waals surface area contributed by atoms with Crippen LogP contribution in [0.2, 0.25) is 0 Å². The Bertz CT molecular complexity index is 489. The molecule has 0 aromatic heterocycles. The summed E-state index contributed by atoms with van der Waals surface area (Å²) in [5.41, 5.74) is 6.76. The third-order valence-corrected chi connectivity index (χ3v) is 1.82. The maximum Gasteiger partial charge on any atom is 0.384 e. The molecule has 1 aromatic carbocycles. The predicted molar refractivity (Wildman–Crippen MR) is 70.4 cm³/mol. The van der Waals surface area contributed by atoms with Crippen LogP contribution in [0.1, 0.15) is 12.5 Å². The molecular formula is C12H12N2O2S. The average Bonchev–Trinajstić information content (AvgIpc) is 2.26. The number of nitrogens with two attached hydrogens (primary N) is 1. The molecule has 0 bridgehead atoms. The third-order valence-electron chi connectivity index (χ3n) is 1.71. The van der Waals surface area contributed by atoms with Crippen molar-refractivity contribution in [3.63, 3.8) is 0 Å². The second-order valence-corrected chi connectivity index (χ2v) is 3.48. The molecule has 0 spiro atoms. The number of rotatable bonds is 2. The fraction of sp³-hybridized carbons (Fsp3) is 0.167. The number of benzene rings is 1. The van der Waals surface area contributed by atoms with Crippen molar-refractivity contribution in [3.8, 4) is 11.8 Å². The van der Waals surface area contributed by atoms with E-state index >= 15 is 0 Å². The zero-order valence-corrected chi connectivity index (χ0v) is 10.1. The maximum atomic E-state index is 11.0. The molecule has 0 radical (unpaired) electrons. The van der Waals surface area contributed by atoms with E-state index in [0.717, 1.165) is 5.69 Å². The minimum absolute atomic E-state index is 0.181. The molecular weight excluding hydrogens is 236 g/mol. The van der Waals surface area contributed by atoms with Gasteiger partial charge >= 0.3 is 5.97 Å². The first-order chi connectivity index (χ1) is 8.11. The Morgan fingerprint density at radius 3 is 3.00 bits per heavy atom. The molecule has 1 aromatic rings. The van der Waals surface area contributed by atoms with Gasteiger partial charge in [0.05, 0.1) is 6.61 Å². The van der Waals surface area contributed by atoms with Crippen LogP contribution in [-0.2, 0) is 9.53 Å². The number of nitrogens with one attached hydrogen (secondary N) is 1. The number of hydrogen-bond donors (Lipinski definition) is 2. The molecule has 0 aliphatic carbocycles. The number of hydrogen-bond acceptors (Lipinski definition) is 3. The molecule has 17 heavy (non-hydrogen) atoms.